The first-order chi connectivity index (χ1) is 13.8. The molecule has 1 amide bonds. The molecule has 1 atom stereocenters. The third-order valence-electron chi connectivity index (χ3n) is 4.83. The Balaban J connectivity index is 2.28. The average molecular weight is 413 g/mol. The predicted molar refractivity (Wildman–Crippen MR) is 119 cm³/mol. The Morgan fingerprint density at radius 1 is 1.10 bits per heavy atom. The zero-order valence-corrected chi connectivity index (χ0v) is 19.1. The molecule has 0 radical (unpaired) electrons. The second-order valence-electron chi connectivity index (χ2n) is 9.00. The van der Waals surface area contributed by atoms with Gasteiger partial charge in [0.2, 0.25) is 0 Å². The number of hydrogen-bond acceptors (Lipinski definition) is 5. The molecule has 2 rings (SSSR count). The third-order valence-corrected chi connectivity index (χ3v) is 4.83. The van der Waals surface area contributed by atoms with Gasteiger partial charge in [0.15, 0.2) is 0 Å². The zero-order valence-electron chi connectivity index (χ0n) is 19.1. The van der Waals surface area contributed by atoms with Gasteiger partial charge in [0.05, 0.1) is 29.8 Å². The molecule has 0 bridgehead atoms. The van der Waals surface area contributed by atoms with Gasteiger partial charge in [0, 0.05) is 12.4 Å². The van der Waals surface area contributed by atoms with Crippen LogP contribution in [0, 0.1) is 5.41 Å². The maximum atomic E-state index is 12.4. The van der Waals surface area contributed by atoms with E-state index in [1.165, 1.54) is 7.11 Å². The minimum atomic E-state index is -0.719. The maximum Gasteiger partial charge on any atom is 0.410 e. The smallest absolute Gasteiger partial charge is 0.410 e. The number of pyridine rings is 1. The van der Waals surface area contributed by atoms with Crippen LogP contribution in [0.15, 0.2) is 36.4 Å². The van der Waals surface area contributed by atoms with Gasteiger partial charge in [0.25, 0.3) is 0 Å². The molecule has 0 aliphatic carbocycles. The monoisotopic (exact) mass is 412 g/mol. The molecule has 162 valence electrons. The molecule has 6 heteroatoms. The molecule has 0 N–H and O–H groups in total. The van der Waals surface area contributed by atoms with E-state index in [9.17, 15) is 9.59 Å². The number of benzene rings is 1. The van der Waals surface area contributed by atoms with Crippen LogP contribution in [0.1, 0.15) is 58.8 Å². The summed E-state index contributed by atoms with van der Waals surface area (Å²) in [5.41, 5.74) is 1.24. The molecule has 0 saturated carbocycles. The number of fused-ring (bicyclic) bond motifs is 1. The van der Waals surface area contributed by atoms with Gasteiger partial charge >= 0.3 is 12.1 Å². The number of nitrogens with zero attached hydrogens (tertiary/aromatic N) is 2. The number of carbonyl (C=O) groups is 2. The van der Waals surface area contributed by atoms with Crippen LogP contribution in [0.4, 0.5) is 4.79 Å². The first-order valence-corrected chi connectivity index (χ1v) is 9.98. The van der Waals surface area contributed by atoms with Crippen LogP contribution in [0.25, 0.3) is 17.0 Å². The summed E-state index contributed by atoms with van der Waals surface area (Å²) in [5.74, 6) is -0.293. The number of amides is 1. The Hall–Kier alpha value is -2.89. The Morgan fingerprint density at radius 3 is 2.33 bits per heavy atom. The lowest BCUT2D eigenvalue weighted by Crippen LogP contribution is -2.36. The van der Waals surface area contributed by atoms with Gasteiger partial charge in [-0.2, -0.15) is 0 Å². The predicted octanol–water partition coefficient (Wildman–Crippen LogP) is 5.38. The summed E-state index contributed by atoms with van der Waals surface area (Å²) in [5, 5.41) is 0.996. The van der Waals surface area contributed by atoms with E-state index < -0.39 is 17.1 Å². The highest BCUT2D eigenvalue weighted by Gasteiger charge is 2.26. The summed E-state index contributed by atoms with van der Waals surface area (Å²) in [4.78, 5) is 30.5. The number of aromatic nitrogens is 1. The van der Waals surface area contributed by atoms with E-state index in [1.807, 2.05) is 70.2 Å². The molecule has 0 aliphatic heterocycles. The van der Waals surface area contributed by atoms with Crippen molar-refractivity contribution in [1.82, 2.24) is 9.88 Å². The fourth-order valence-electron chi connectivity index (χ4n) is 2.81. The standard InChI is InChI=1S/C24H32N2O4/c1-16(26(7)22(28)30-23(2,3)4)19-12-11-18-10-9-17(15-20(18)25-19)13-14-24(5,6)21(27)29-8/h9-16H,1-8H3/b14-13+/t16-/m1/s1. The maximum absolute atomic E-state index is 12.4. The molecule has 30 heavy (non-hydrogen) atoms. The SMILES string of the molecule is COC(=O)C(C)(C)/C=C/c1ccc2ccc([C@@H](C)N(C)C(=O)OC(C)(C)C)nc2c1. The highest BCUT2D eigenvalue weighted by Crippen LogP contribution is 2.25. The first kappa shape index (κ1) is 23.4. The zero-order chi connectivity index (χ0) is 22.7. The van der Waals surface area contributed by atoms with Crippen LogP contribution in [0.3, 0.4) is 0 Å². The lowest BCUT2D eigenvalue weighted by Gasteiger charge is -2.28. The van der Waals surface area contributed by atoms with Gasteiger partial charge in [-0.15, -0.1) is 0 Å². The Morgan fingerprint density at radius 2 is 1.73 bits per heavy atom. The van der Waals surface area contributed by atoms with Crippen molar-refractivity contribution in [2.24, 2.45) is 5.41 Å². The van der Waals surface area contributed by atoms with E-state index in [0.29, 0.717) is 0 Å². The number of esters is 1. The number of ether oxygens (including phenoxy) is 2. The molecule has 0 saturated heterocycles. The minimum absolute atomic E-state index is 0.248. The van der Waals surface area contributed by atoms with Crippen molar-refractivity contribution in [2.75, 3.05) is 14.2 Å². The molecular formula is C24H32N2O4. The van der Waals surface area contributed by atoms with Crippen molar-refractivity contribution in [1.29, 1.82) is 0 Å². The number of carbonyl (C=O) groups excluding carboxylic acids is 2. The normalized spacial score (nSPS) is 13.3. The molecule has 0 aliphatic rings. The molecule has 1 aromatic heterocycles. The molecule has 0 fully saturated rings. The van der Waals surface area contributed by atoms with Crippen LogP contribution in [-0.2, 0) is 14.3 Å². The summed E-state index contributed by atoms with van der Waals surface area (Å²) in [6.07, 6.45) is 3.32. The lowest BCUT2D eigenvalue weighted by molar-refractivity contribution is -0.148. The van der Waals surface area contributed by atoms with Crippen molar-refractivity contribution >= 4 is 29.0 Å². The second-order valence-corrected chi connectivity index (χ2v) is 9.00. The highest BCUT2D eigenvalue weighted by atomic mass is 16.6. The molecule has 1 aromatic carbocycles. The quantitative estimate of drug-likeness (QED) is 0.617. The van der Waals surface area contributed by atoms with Gasteiger partial charge < -0.3 is 14.4 Å². The van der Waals surface area contributed by atoms with Crippen LogP contribution in [0.2, 0.25) is 0 Å². The van der Waals surface area contributed by atoms with Crippen LogP contribution in [0.5, 0.6) is 0 Å². The summed E-state index contributed by atoms with van der Waals surface area (Å²) in [7, 11) is 3.09. The van der Waals surface area contributed by atoms with Crippen molar-refractivity contribution in [3.05, 3.63) is 47.7 Å². The number of rotatable bonds is 5. The summed E-state index contributed by atoms with van der Waals surface area (Å²) in [6, 6.07) is 9.58. The van der Waals surface area contributed by atoms with E-state index >= 15 is 0 Å². The van der Waals surface area contributed by atoms with Crippen molar-refractivity contribution in [3.63, 3.8) is 0 Å². The second kappa shape index (κ2) is 8.86. The Kier molecular flexibility index (Phi) is 6.91. The van der Waals surface area contributed by atoms with E-state index in [4.69, 9.17) is 14.5 Å². The van der Waals surface area contributed by atoms with E-state index in [0.717, 1.165) is 22.2 Å². The van der Waals surface area contributed by atoms with E-state index in [1.54, 1.807) is 25.8 Å². The fraction of sp³-hybridized carbons (Fsp3) is 0.458. The molecule has 0 unspecified atom stereocenters. The third kappa shape index (κ3) is 5.81. The molecule has 6 nitrogen and oxygen atoms in total. The lowest BCUT2D eigenvalue weighted by atomic mass is 9.92. The first-order valence-electron chi connectivity index (χ1n) is 9.98. The van der Waals surface area contributed by atoms with Crippen LogP contribution >= 0.6 is 0 Å². The molecular weight excluding hydrogens is 380 g/mol. The highest BCUT2D eigenvalue weighted by molar-refractivity contribution is 5.83. The summed E-state index contributed by atoms with van der Waals surface area (Å²) >= 11 is 0. The Bertz CT molecular complexity index is 957. The van der Waals surface area contributed by atoms with Gasteiger partial charge in [-0.25, -0.2) is 4.79 Å². The molecule has 0 spiro atoms. The van der Waals surface area contributed by atoms with Crippen molar-refractivity contribution in [2.45, 2.75) is 53.2 Å². The largest absolute Gasteiger partial charge is 0.468 e. The topological polar surface area (TPSA) is 68.7 Å². The van der Waals surface area contributed by atoms with Crippen molar-refractivity contribution < 1.29 is 19.1 Å². The minimum Gasteiger partial charge on any atom is -0.468 e. The molecule has 2 aromatic rings. The van der Waals surface area contributed by atoms with Crippen LogP contribution in [-0.4, -0.2) is 41.7 Å². The number of hydrogen-bond donors (Lipinski definition) is 0. The van der Waals surface area contributed by atoms with Gasteiger partial charge in [0.1, 0.15) is 5.60 Å². The van der Waals surface area contributed by atoms with Gasteiger partial charge in [-0.05, 0) is 59.2 Å². The fourth-order valence-corrected chi connectivity index (χ4v) is 2.81. The van der Waals surface area contributed by atoms with Gasteiger partial charge in [-0.1, -0.05) is 30.4 Å². The number of methoxy groups -OCH3 is 1. The van der Waals surface area contributed by atoms with Crippen LogP contribution < -0.4 is 0 Å². The Labute approximate surface area is 178 Å². The summed E-state index contributed by atoms with van der Waals surface area (Å²) < 4.78 is 10.3. The van der Waals surface area contributed by atoms with E-state index in [-0.39, 0.29) is 12.0 Å². The summed E-state index contributed by atoms with van der Waals surface area (Å²) in [6.45, 7) is 11.1. The van der Waals surface area contributed by atoms with Gasteiger partial charge in [-0.3, -0.25) is 9.78 Å². The average Bonchev–Trinajstić information content (AvgIpc) is 2.68. The van der Waals surface area contributed by atoms with E-state index in [2.05, 4.69) is 0 Å². The van der Waals surface area contributed by atoms with Crippen molar-refractivity contribution in [3.8, 4) is 0 Å². The molecule has 1 heterocycles.